The van der Waals surface area contributed by atoms with E-state index in [1.807, 2.05) is 29.3 Å². The minimum atomic E-state index is 0.245. The molecule has 1 N–H and O–H groups in total. The van der Waals surface area contributed by atoms with Gasteiger partial charge in [0.05, 0.1) is 11.7 Å². The highest BCUT2D eigenvalue weighted by molar-refractivity contribution is 7.12. The summed E-state index contributed by atoms with van der Waals surface area (Å²) >= 11 is 1.86. The molecule has 1 unspecified atom stereocenters. The van der Waals surface area contributed by atoms with Gasteiger partial charge in [-0.2, -0.15) is 5.10 Å². The number of aromatic nitrogens is 2. The van der Waals surface area contributed by atoms with Crippen molar-refractivity contribution in [2.75, 3.05) is 7.05 Å². The summed E-state index contributed by atoms with van der Waals surface area (Å²) in [5.74, 6) is 0. The van der Waals surface area contributed by atoms with Crippen molar-refractivity contribution in [3.05, 3.63) is 39.3 Å². The molecule has 0 saturated heterocycles. The number of hydrogen-bond donors (Lipinski definition) is 1. The normalized spacial score (nSPS) is 12.9. The maximum atomic E-state index is 4.34. The molecular formula is C13H19N3S. The summed E-state index contributed by atoms with van der Waals surface area (Å²) in [6, 6.07) is 4.61. The Hall–Kier alpha value is -1.13. The molecule has 2 aromatic rings. The average molecular weight is 249 g/mol. The standard InChI is InChI=1S/C13H19N3S/c1-5-16-11(6-7-15-16)13(14-4)12-8-9(2)10(3)17-12/h6-8,13-14H,5H2,1-4H3. The van der Waals surface area contributed by atoms with Crippen LogP contribution in [0.2, 0.25) is 0 Å². The van der Waals surface area contributed by atoms with Gasteiger partial charge in [0.1, 0.15) is 0 Å². The van der Waals surface area contributed by atoms with Crippen molar-refractivity contribution < 1.29 is 0 Å². The van der Waals surface area contributed by atoms with E-state index in [9.17, 15) is 0 Å². The monoisotopic (exact) mass is 249 g/mol. The van der Waals surface area contributed by atoms with Gasteiger partial charge in [0, 0.05) is 22.5 Å². The second-order valence-electron chi connectivity index (χ2n) is 4.18. The minimum absolute atomic E-state index is 0.245. The van der Waals surface area contributed by atoms with E-state index in [0.717, 1.165) is 6.54 Å². The summed E-state index contributed by atoms with van der Waals surface area (Å²) < 4.78 is 2.05. The van der Waals surface area contributed by atoms with E-state index in [1.54, 1.807) is 0 Å². The van der Waals surface area contributed by atoms with E-state index in [1.165, 1.54) is 21.0 Å². The van der Waals surface area contributed by atoms with E-state index in [2.05, 4.69) is 43.3 Å². The zero-order valence-corrected chi connectivity index (χ0v) is 11.6. The Morgan fingerprint density at radius 3 is 2.76 bits per heavy atom. The van der Waals surface area contributed by atoms with Crippen molar-refractivity contribution in [2.45, 2.75) is 33.4 Å². The van der Waals surface area contributed by atoms with Gasteiger partial charge in [-0.05, 0) is 45.5 Å². The number of rotatable bonds is 4. The Kier molecular flexibility index (Phi) is 3.64. The molecule has 0 aliphatic carbocycles. The zero-order valence-electron chi connectivity index (χ0n) is 10.8. The fraction of sp³-hybridized carbons (Fsp3) is 0.462. The Morgan fingerprint density at radius 1 is 1.47 bits per heavy atom. The smallest absolute Gasteiger partial charge is 0.0839 e. The Bertz CT molecular complexity index is 479. The lowest BCUT2D eigenvalue weighted by Gasteiger charge is -2.15. The van der Waals surface area contributed by atoms with E-state index < -0.39 is 0 Å². The van der Waals surface area contributed by atoms with Gasteiger partial charge in [-0.15, -0.1) is 11.3 Å². The molecule has 92 valence electrons. The van der Waals surface area contributed by atoms with Gasteiger partial charge in [0.2, 0.25) is 0 Å². The van der Waals surface area contributed by atoms with Crippen LogP contribution in [0.15, 0.2) is 18.3 Å². The quantitative estimate of drug-likeness (QED) is 0.903. The first-order chi connectivity index (χ1) is 8.17. The van der Waals surface area contributed by atoms with Gasteiger partial charge in [0.25, 0.3) is 0 Å². The van der Waals surface area contributed by atoms with Crippen LogP contribution in [0.4, 0.5) is 0 Å². The van der Waals surface area contributed by atoms with Crippen LogP contribution in [-0.2, 0) is 6.54 Å². The first-order valence-electron chi connectivity index (χ1n) is 5.93. The van der Waals surface area contributed by atoms with Gasteiger partial charge in [-0.25, -0.2) is 0 Å². The number of thiophene rings is 1. The minimum Gasteiger partial charge on any atom is -0.307 e. The molecule has 1 atom stereocenters. The van der Waals surface area contributed by atoms with E-state index >= 15 is 0 Å². The molecule has 0 radical (unpaired) electrons. The van der Waals surface area contributed by atoms with Gasteiger partial charge in [0.15, 0.2) is 0 Å². The SMILES string of the molecule is CCn1nccc1C(NC)c1cc(C)c(C)s1. The highest BCUT2D eigenvalue weighted by atomic mass is 32.1. The largest absolute Gasteiger partial charge is 0.307 e. The second kappa shape index (κ2) is 5.02. The number of hydrogen-bond acceptors (Lipinski definition) is 3. The first kappa shape index (κ1) is 12.3. The van der Waals surface area contributed by atoms with Gasteiger partial charge >= 0.3 is 0 Å². The third kappa shape index (κ3) is 2.28. The third-order valence-corrected chi connectivity index (χ3v) is 4.32. The second-order valence-corrected chi connectivity index (χ2v) is 5.47. The number of aryl methyl sites for hydroxylation is 3. The van der Waals surface area contributed by atoms with Crippen molar-refractivity contribution in [3.8, 4) is 0 Å². The van der Waals surface area contributed by atoms with Gasteiger partial charge in [-0.3, -0.25) is 4.68 Å². The zero-order chi connectivity index (χ0) is 12.4. The summed E-state index contributed by atoms with van der Waals surface area (Å²) in [6.45, 7) is 7.37. The van der Waals surface area contributed by atoms with Crippen LogP contribution in [-0.4, -0.2) is 16.8 Å². The van der Waals surface area contributed by atoms with Gasteiger partial charge in [-0.1, -0.05) is 0 Å². The molecule has 0 aliphatic rings. The lowest BCUT2D eigenvalue weighted by Crippen LogP contribution is -2.20. The summed E-state index contributed by atoms with van der Waals surface area (Å²) in [7, 11) is 2.00. The molecule has 4 heteroatoms. The molecule has 2 rings (SSSR count). The maximum absolute atomic E-state index is 4.34. The molecule has 0 aliphatic heterocycles. The first-order valence-corrected chi connectivity index (χ1v) is 6.75. The van der Waals surface area contributed by atoms with Crippen molar-refractivity contribution in [1.29, 1.82) is 0 Å². The van der Waals surface area contributed by atoms with Crippen molar-refractivity contribution in [2.24, 2.45) is 0 Å². The van der Waals surface area contributed by atoms with E-state index in [4.69, 9.17) is 0 Å². The average Bonchev–Trinajstić information content (AvgIpc) is 2.89. The van der Waals surface area contributed by atoms with Crippen LogP contribution in [0, 0.1) is 13.8 Å². The lowest BCUT2D eigenvalue weighted by atomic mass is 10.1. The summed E-state index contributed by atoms with van der Waals surface area (Å²) in [5.41, 5.74) is 2.60. The Balaban J connectivity index is 2.40. The molecule has 3 nitrogen and oxygen atoms in total. The maximum Gasteiger partial charge on any atom is 0.0839 e. The highest BCUT2D eigenvalue weighted by Crippen LogP contribution is 2.30. The molecule has 0 aromatic carbocycles. The third-order valence-electron chi connectivity index (χ3n) is 3.10. The van der Waals surface area contributed by atoms with Crippen LogP contribution in [0.3, 0.4) is 0 Å². The molecule has 0 fully saturated rings. The highest BCUT2D eigenvalue weighted by Gasteiger charge is 2.18. The van der Waals surface area contributed by atoms with Crippen LogP contribution >= 0.6 is 11.3 Å². The predicted molar refractivity (Wildman–Crippen MR) is 72.6 cm³/mol. The molecule has 0 spiro atoms. The fourth-order valence-corrected chi connectivity index (χ4v) is 3.20. The summed E-state index contributed by atoms with van der Waals surface area (Å²) in [6.07, 6.45) is 1.87. The van der Waals surface area contributed by atoms with Crippen molar-refractivity contribution >= 4 is 11.3 Å². The Labute approximate surface area is 106 Å². The number of nitrogens with zero attached hydrogens (tertiary/aromatic N) is 2. The fourth-order valence-electron chi connectivity index (χ4n) is 2.03. The topological polar surface area (TPSA) is 29.9 Å². The van der Waals surface area contributed by atoms with Crippen LogP contribution in [0.5, 0.6) is 0 Å². The summed E-state index contributed by atoms with van der Waals surface area (Å²) in [5, 5.41) is 7.73. The van der Waals surface area contributed by atoms with Crippen LogP contribution < -0.4 is 5.32 Å². The molecule has 2 heterocycles. The molecule has 2 aromatic heterocycles. The summed E-state index contributed by atoms with van der Waals surface area (Å²) in [4.78, 5) is 2.75. The molecule has 17 heavy (non-hydrogen) atoms. The molecule has 0 bridgehead atoms. The lowest BCUT2D eigenvalue weighted by molar-refractivity contribution is 0.567. The van der Waals surface area contributed by atoms with Gasteiger partial charge < -0.3 is 5.32 Å². The molecule has 0 amide bonds. The van der Waals surface area contributed by atoms with Crippen molar-refractivity contribution in [1.82, 2.24) is 15.1 Å². The predicted octanol–water partition coefficient (Wildman–Crippen LogP) is 2.89. The van der Waals surface area contributed by atoms with Crippen molar-refractivity contribution in [3.63, 3.8) is 0 Å². The van der Waals surface area contributed by atoms with Crippen LogP contribution in [0.1, 0.15) is 34.0 Å². The van der Waals surface area contributed by atoms with E-state index in [0.29, 0.717) is 0 Å². The number of nitrogens with one attached hydrogen (secondary N) is 1. The Morgan fingerprint density at radius 2 is 2.24 bits per heavy atom. The molecule has 0 saturated carbocycles. The molecular weight excluding hydrogens is 230 g/mol. The van der Waals surface area contributed by atoms with Crippen LogP contribution in [0.25, 0.3) is 0 Å². The van der Waals surface area contributed by atoms with E-state index in [-0.39, 0.29) is 6.04 Å².